The van der Waals surface area contributed by atoms with Gasteiger partial charge in [-0.3, -0.25) is 4.98 Å². The van der Waals surface area contributed by atoms with Crippen LogP contribution in [0.5, 0.6) is 5.75 Å². The third-order valence-electron chi connectivity index (χ3n) is 4.15. The number of nitrogens with zero attached hydrogens (tertiary/aromatic N) is 4. The summed E-state index contributed by atoms with van der Waals surface area (Å²) in [5, 5.41) is 3.36. The largest absolute Gasteiger partial charge is 0.496 e. The van der Waals surface area contributed by atoms with Gasteiger partial charge in [0, 0.05) is 29.9 Å². The monoisotopic (exact) mass is 299 g/mol. The number of ether oxygens (including phenoxy) is 1. The standard InChI is InChI=1S/C16H21N5O/c1-10-5-18-14(12(3)15(10)22-4)8-21-11(2)6-19-13-7-17-9-20-16(13)21/h5,7,9,11,19H,6,8H2,1-4H3. The van der Waals surface area contributed by atoms with Crippen molar-refractivity contribution in [2.45, 2.75) is 33.4 Å². The van der Waals surface area contributed by atoms with E-state index >= 15 is 0 Å². The molecule has 1 unspecified atom stereocenters. The van der Waals surface area contributed by atoms with Crippen molar-refractivity contribution in [2.24, 2.45) is 0 Å². The Kier molecular flexibility index (Phi) is 3.83. The summed E-state index contributed by atoms with van der Waals surface area (Å²) in [7, 11) is 1.70. The van der Waals surface area contributed by atoms with Gasteiger partial charge in [-0.05, 0) is 20.8 Å². The Hall–Kier alpha value is -2.37. The fourth-order valence-corrected chi connectivity index (χ4v) is 2.88. The lowest BCUT2D eigenvalue weighted by Crippen LogP contribution is -2.42. The number of methoxy groups -OCH3 is 1. The van der Waals surface area contributed by atoms with Crippen molar-refractivity contribution in [1.29, 1.82) is 0 Å². The highest BCUT2D eigenvalue weighted by molar-refractivity contribution is 5.67. The summed E-state index contributed by atoms with van der Waals surface area (Å²) < 4.78 is 5.51. The molecule has 1 aliphatic rings. The minimum absolute atomic E-state index is 0.330. The molecule has 0 saturated carbocycles. The van der Waals surface area contributed by atoms with E-state index in [-0.39, 0.29) is 0 Å². The number of aromatic nitrogens is 3. The van der Waals surface area contributed by atoms with E-state index in [0.29, 0.717) is 12.6 Å². The van der Waals surface area contributed by atoms with Gasteiger partial charge in [0.05, 0.1) is 31.2 Å². The quantitative estimate of drug-likeness (QED) is 0.938. The van der Waals surface area contributed by atoms with Crippen molar-refractivity contribution >= 4 is 11.5 Å². The second-order valence-electron chi connectivity index (χ2n) is 5.66. The topological polar surface area (TPSA) is 63.2 Å². The lowest BCUT2D eigenvalue weighted by molar-refractivity contribution is 0.406. The number of pyridine rings is 1. The number of rotatable bonds is 3. The van der Waals surface area contributed by atoms with E-state index in [0.717, 1.165) is 40.6 Å². The Morgan fingerprint density at radius 2 is 2.14 bits per heavy atom. The predicted octanol–water partition coefficient (Wildman–Crippen LogP) is 2.32. The van der Waals surface area contributed by atoms with Gasteiger partial charge in [0.1, 0.15) is 12.1 Å². The normalized spacial score (nSPS) is 16.9. The molecule has 0 spiro atoms. The number of hydrogen-bond acceptors (Lipinski definition) is 6. The second kappa shape index (κ2) is 5.79. The fraction of sp³-hybridized carbons (Fsp3) is 0.438. The van der Waals surface area contributed by atoms with Gasteiger partial charge in [0.25, 0.3) is 0 Å². The molecule has 2 aromatic rings. The van der Waals surface area contributed by atoms with E-state index < -0.39 is 0 Å². The minimum atomic E-state index is 0.330. The van der Waals surface area contributed by atoms with Crippen LogP contribution in [0.2, 0.25) is 0 Å². The lowest BCUT2D eigenvalue weighted by Gasteiger charge is -2.36. The van der Waals surface area contributed by atoms with Gasteiger partial charge < -0.3 is 15.0 Å². The highest BCUT2D eigenvalue weighted by atomic mass is 16.5. The van der Waals surface area contributed by atoms with E-state index in [1.54, 1.807) is 13.4 Å². The predicted molar refractivity (Wildman–Crippen MR) is 86.4 cm³/mol. The lowest BCUT2D eigenvalue weighted by atomic mass is 10.1. The average molecular weight is 299 g/mol. The highest BCUT2D eigenvalue weighted by Gasteiger charge is 2.25. The molecule has 3 rings (SSSR count). The van der Waals surface area contributed by atoms with Gasteiger partial charge in [0.15, 0.2) is 5.82 Å². The molecule has 0 amide bonds. The molecule has 0 saturated heterocycles. The third-order valence-corrected chi connectivity index (χ3v) is 4.15. The van der Waals surface area contributed by atoms with Gasteiger partial charge >= 0.3 is 0 Å². The van der Waals surface area contributed by atoms with Crippen molar-refractivity contribution < 1.29 is 4.74 Å². The first-order valence-corrected chi connectivity index (χ1v) is 7.41. The number of fused-ring (bicyclic) bond motifs is 1. The van der Waals surface area contributed by atoms with Crippen molar-refractivity contribution in [2.75, 3.05) is 23.9 Å². The summed E-state index contributed by atoms with van der Waals surface area (Å²) >= 11 is 0. The van der Waals surface area contributed by atoms with E-state index in [1.807, 2.05) is 19.3 Å². The zero-order chi connectivity index (χ0) is 15.7. The molecule has 0 aliphatic carbocycles. The first-order valence-electron chi connectivity index (χ1n) is 7.41. The molecular weight excluding hydrogens is 278 g/mol. The fourth-order valence-electron chi connectivity index (χ4n) is 2.88. The smallest absolute Gasteiger partial charge is 0.156 e. The summed E-state index contributed by atoms with van der Waals surface area (Å²) in [6.07, 6.45) is 5.27. The van der Waals surface area contributed by atoms with E-state index in [2.05, 4.69) is 39.0 Å². The molecular formula is C16H21N5O. The maximum absolute atomic E-state index is 5.51. The second-order valence-corrected chi connectivity index (χ2v) is 5.66. The van der Waals surface area contributed by atoms with E-state index in [9.17, 15) is 0 Å². The van der Waals surface area contributed by atoms with Crippen LogP contribution in [0, 0.1) is 13.8 Å². The van der Waals surface area contributed by atoms with Crippen LogP contribution in [0.3, 0.4) is 0 Å². The SMILES string of the molecule is COc1c(C)cnc(CN2c3ncncc3NCC2C)c1C. The molecule has 1 N–H and O–H groups in total. The zero-order valence-corrected chi connectivity index (χ0v) is 13.4. The number of aryl methyl sites for hydroxylation is 1. The van der Waals surface area contributed by atoms with Crippen molar-refractivity contribution in [1.82, 2.24) is 15.0 Å². The molecule has 1 atom stereocenters. The summed E-state index contributed by atoms with van der Waals surface area (Å²) in [5.41, 5.74) is 4.13. The zero-order valence-electron chi connectivity index (χ0n) is 13.4. The number of anilines is 2. The number of hydrogen-bond donors (Lipinski definition) is 1. The van der Waals surface area contributed by atoms with E-state index in [4.69, 9.17) is 4.74 Å². The van der Waals surface area contributed by atoms with Gasteiger partial charge in [-0.25, -0.2) is 9.97 Å². The van der Waals surface area contributed by atoms with Crippen LogP contribution < -0.4 is 15.0 Å². The van der Waals surface area contributed by atoms with Gasteiger partial charge in [-0.1, -0.05) is 0 Å². The molecule has 0 radical (unpaired) electrons. The van der Waals surface area contributed by atoms with Crippen LogP contribution in [0.4, 0.5) is 11.5 Å². The Labute approximate surface area is 130 Å². The Morgan fingerprint density at radius 1 is 1.32 bits per heavy atom. The van der Waals surface area contributed by atoms with Crippen LogP contribution in [0.15, 0.2) is 18.7 Å². The molecule has 116 valence electrons. The molecule has 6 heteroatoms. The van der Waals surface area contributed by atoms with Crippen LogP contribution >= 0.6 is 0 Å². The van der Waals surface area contributed by atoms with Crippen LogP contribution in [0.1, 0.15) is 23.7 Å². The summed E-state index contributed by atoms with van der Waals surface area (Å²) in [5.74, 6) is 1.84. The maximum Gasteiger partial charge on any atom is 0.156 e. The maximum atomic E-state index is 5.51. The first-order chi connectivity index (χ1) is 10.6. The molecule has 0 aromatic carbocycles. The van der Waals surface area contributed by atoms with Gasteiger partial charge in [-0.15, -0.1) is 0 Å². The van der Waals surface area contributed by atoms with E-state index in [1.165, 1.54) is 0 Å². The van der Waals surface area contributed by atoms with Crippen molar-refractivity contribution in [3.8, 4) is 5.75 Å². The van der Waals surface area contributed by atoms with Gasteiger partial charge in [-0.2, -0.15) is 0 Å². The summed E-state index contributed by atoms with van der Waals surface area (Å²) in [4.78, 5) is 15.4. The number of nitrogens with one attached hydrogen (secondary N) is 1. The Morgan fingerprint density at radius 3 is 2.91 bits per heavy atom. The van der Waals surface area contributed by atoms with Crippen LogP contribution in [-0.2, 0) is 6.54 Å². The molecule has 0 fully saturated rings. The van der Waals surface area contributed by atoms with Crippen LogP contribution in [-0.4, -0.2) is 34.6 Å². The highest BCUT2D eigenvalue weighted by Crippen LogP contribution is 2.31. The molecule has 1 aliphatic heterocycles. The molecule has 22 heavy (non-hydrogen) atoms. The van der Waals surface area contributed by atoms with Crippen LogP contribution in [0.25, 0.3) is 0 Å². The molecule has 2 aromatic heterocycles. The molecule has 3 heterocycles. The Bertz CT molecular complexity index is 688. The Balaban J connectivity index is 1.97. The van der Waals surface area contributed by atoms with Crippen molar-refractivity contribution in [3.63, 3.8) is 0 Å². The average Bonchev–Trinajstić information content (AvgIpc) is 2.53. The third kappa shape index (κ3) is 2.45. The van der Waals surface area contributed by atoms with Crippen molar-refractivity contribution in [3.05, 3.63) is 35.5 Å². The minimum Gasteiger partial charge on any atom is -0.496 e. The summed E-state index contributed by atoms with van der Waals surface area (Å²) in [6, 6.07) is 0.330. The van der Waals surface area contributed by atoms with Gasteiger partial charge in [0.2, 0.25) is 0 Å². The summed E-state index contributed by atoms with van der Waals surface area (Å²) in [6.45, 7) is 7.82. The molecule has 0 bridgehead atoms. The molecule has 6 nitrogen and oxygen atoms in total. The first kappa shape index (κ1) is 14.6.